The first kappa shape index (κ1) is 9.22. The van der Waals surface area contributed by atoms with Crippen LogP contribution in [0, 0.1) is 0 Å². The average molecular weight is 172 g/mol. The van der Waals surface area contributed by atoms with E-state index in [1.54, 1.807) is 6.92 Å². The van der Waals surface area contributed by atoms with Gasteiger partial charge in [-0.25, -0.2) is 4.18 Å². The minimum absolute atomic E-state index is 0.128. The molecule has 6 heteroatoms. The Labute approximate surface area is 60.1 Å². The molecule has 0 amide bonds. The van der Waals surface area contributed by atoms with Crippen LogP contribution in [0.1, 0.15) is 13.3 Å². The number of rotatable bonds is 4. The van der Waals surface area contributed by atoms with Gasteiger partial charge in [0.25, 0.3) is 0 Å². The van der Waals surface area contributed by atoms with Crippen molar-refractivity contribution in [3.05, 3.63) is 0 Å². The van der Waals surface area contributed by atoms with Crippen LogP contribution in [-0.4, -0.2) is 15.0 Å². The highest BCUT2D eigenvalue weighted by Crippen LogP contribution is 1.97. The Kier molecular flexibility index (Phi) is 4.20. The molecule has 0 aliphatic heterocycles. The van der Waals surface area contributed by atoms with Crippen molar-refractivity contribution in [3.8, 4) is 0 Å². The van der Waals surface area contributed by atoms with Gasteiger partial charge in [0.1, 0.15) is 0 Å². The van der Waals surface area contributed by atoms with Crippen molar-refractivity contribution in [1.82, 2.24) is 0 Å². The normalized spacial score (nSPS) is 11.8. The van der Waals surface area contributed by atoms with Crippen LogP contribution in [0.25, 0.3) is 0 Å². The predicted octanol–water partition coefficient (Wildman–Crippen LogP) is 0.519. The maximum absolute atomic E-state index is 10.2. The Morgan fingerprint density at radius 3 is 2.44 bits per heavy atom. The first-order valence-corrected chi connectivity index (χ1v) is 4.04. The molecule has 4 nitrogen and oxygen atoms in total. The molecule has 0 saturated carbocycles. The minimum atomic E-state index is -3.82. The molecule has 0 aliphatic rings. The van der Waals surface area contributed by atoms with Gasteiger partial charge in [0.05, 0.1) is 6.61 Å². The van der Waals surface area contributed by atoms with Crippen molar-refractivity contribution in [2.45, 2.75) is 13.3 Å². The summed E-state index contributed by atoms with van der Waals surface area (Å²) in [5.74, 6) is 0. The molecule has 0 heterocycles. The summed E-state index contributed by atoms with van der Waals surface area (Å²) in [7, 11) is -3.82. The Hall–Kier alpha value is 0.220. The van der Waals surface area contributed by atoms with E-state index in [9.17, 15) is 8.42 Å². The van der Waals surface area contributed by atoms with E-state index in [0.717, 1.165) is 0 Å². The molecular formula is C3H8O4S2. The molecular weight excluding hydrogens is 164 g/mol. The molecule has 0 spiro atoms. The number of hydrogen-bond donors (Lipinski definition) is 1. The third-order valence-corrected chi connectivity index (χ3v) is 1.71. The SMILES string of the molecule is CCCOS(=O)(=O)OS. The second kappa shape index (κ2) is 4.10. The fourth-order valence-electron chi connectivity index (χ4n) is 0.207. The monoisotopic (exact) mass is 172 g/mol. The third-order valence-electron chi connectivity index (χ3n) is 0.523. The molecule has 0 bridgehead atoms. The molecule has 0 aromatic carbocycles. The van der Waals surface area contributed by atoms with E-state index in [-0.39, 0.29) is 6.61 Å². The van der Waals surface area contributed by atoms with Gasteiger partial charge in [0.15, 0.2) is 0 Å². The molecule has 0 saturated heterocycles. The molecule has 9 heavy (non-hydrogen) atoms. The zero-order valence-corrected chi connectivity index (χ0v) is 6.61. The molecule has 0 N–H and O–H groups in total. The predicted molar refractivity (Wildman–Crippen MR) is 35.2 cm³/mol. The van der Waals surface area contributed by atoms with Crippen LogP contribution >= 0.6 is 12.9 Å². The van der Waals surface area contributed by atoms with Crippen LogP contribution in [0.15, 0.2) is 0 Å². The van der Waals surface area contributed by atoms with Crippen LogP contribution in [0.2, 0.25) is 0 Å². The minimum Gasteiger partial charge on any atom is -0.248 e. The highest BCUT2D eigenvalue weighted by Gasteiger charge is 2.06. The van der Waals surface area contributed by atoms with Crippen LogP contribution in [0.3, 0.4) is 0 Å². The lowest BCUT2D eigenvalue weighted by molar-refractivity contribution is 0.282. The van der Waals surface area contributed by atoms with E-state index < -0.39 is 10.4 Å². The summed E-state index contributed by atoms with van der Waals surface area (Å²) in [6.07, 6.45) is 0.621. The molecule has 0 unspecified atom stereocenters. The summed E-state index contributed by atoms with van der Waals surface area (Å²) >= 11 is 3.06. The third kappa shape index (κ3) is 4.71. The van der Waals surface area contributed by atoms with Crippen molar-refractivity contribution >= 4 is 23.3 Å². The lowest BCUT2D eigenvalue weighted by Crippen LogP contribution is -2.05. The molecule has 0 aromatic heterocycles. The van der Waals surface area contributed by atoms with Gasteiger partial charge in [-0.15, -0.1) is 0 Å². The molecule has 0 rings (SSSR count). The quantitative estimate of drug-likeness (QED) is 0.496. The summed E-state index contributed by atoms with van der Waals surface area (Å²) in [6.45, 7) is 1.91. The number of hydrogen-bond acceptors (Lipinski definition) is 5. The van der Waals surface area contributed by atoms with Gasteiger partial charge in [0.2, 0.25) is 0 Å². The smallest absolute Gasteiger partial charge is 0.248 e. The Morgan fingerprint density at radius 2 is 2.11 bits per heavy atom. The molecule has 0 aliphatic carbocycles. The Morgan fingerprint density at radius 1 is 1.56 bits per heavy atom. The summed E-state index contributed by atoms with van der Waals surface area (Å²) in [4.78, 5) is 0. The maximum Gasteiger partial charge on any atom is 0.410 e. The van der Waals surface area contributed by atoms with Crippen LogP contribution in [-0.2, 0) is 18.2 Å². The zero-order valence-electron chi connectivity index (χ0n) is 4.90. The molecule has 0 aromatic rings. The lowest BCUT2D eigenvalue weighted by atomic mass is 10.5. The van der Waals surface area contributed by atoms with Gasteiger partial charge in [-0.2, -0.15) is 12.0 Å². The first-order chi connectivity index (χ1) is 4.12. The van der Waals surface area contributed by atoms with E-state index in [1.807, 2.05) is 0 Å². The summed E-state index contributed by atoms with van der Waals surface area (Å²) in [5.41, 5.74) is 0. The van der Waals surface area contributed by atoms with Crippen molar-refractivity contribution in [2.24, 2.45) is 0 Å². The fourth-order valence-corrected chi connectivity index (χ4v) is 0.750. The largest absolute Gasteiger partial charge is 0.410 e. The van der Waals surface area contributed by atoms with E-state index in [2.05, 4.69) is 20.7 Å². The van der Waals surface area contributed by atoms with Gasteiger partial charge in [0, 0.05) is 0 Å². The lowest BCUT2D eigenvalue weighted by Gasteiger charge is -1.96. The van der Waals surface area contributed by atoms with E-state index in [1.165, 1.54) is 0 Å². The van der Waals surface area contributed by atoms with Crippen molar-refractivity contribution in [2.75, 3.05) is 6.61 Å². The van der Waals surface area contributed by atoms with Crippen molar-refractivity contribution < 1.29 is 16.2 Å². The van der Waals surface area contributed by atoms with E-state index in [4.69, 9.17) is 0 Å². The summed E-state index contributed by atoms with van der Waals surface area (Å²) in [5, 5.41) is 0. The van der Waals surface area contributed by atoms with Gasteiger partial charge in [-0.1, -0.05) is 6.92 Å². The highest BCUT2D eigenvalue weighted by molar-refractivity contribution is 7.92. The average Bonchev–Trinajstić information content (AvgIpc) is 1.84. The second-order valence-electron chi connectivity index (χ2n) is 1.30. The van der Waals surface area contributed by atoms with E-state index >= 15 is 0 Å². The van der Waals surface area contributed by atoms with Crippen LogP contribution in [0.4, 0.5) is 0 Å². The number of thiol groups is 1. The molecule has 0 atom stereocenters. The summed E-state index contributed by atoms with van der Waals surface area (Å²) in [6, 6.07) is 0. The standard InChI is InChI=1S/C3H8O4S2/c1-2-3-6-9(4,5)7-8/h8H,2-3H2,1H3. The summed E-state index contributed by atoms with van der Waals surface area (Å²) < 4.78 is 28.4. The molecule has 0 fully saturated rings. The van der Waals surface area contributed by atoms with Gasteiger partial charge < -0.3 is 0 Å². The molecule has 0 radical (unpaired) electrons. The highest BCUT2D eigenvalue weighted by atomic mass is 32.3. The maximum atomic E-state index is 10.2. The fraction of sp³-hybridized carbons (Fsp3) is 1.00. The van der Waals surface area contributed by atoms with Gasteiger partial charge in [-0.05, 0) is 19.3 Å². The van der Waals surface area contributed by atoms with E-state index in [0.29, 0.717) is 6.42 Å². The second-order valence-corrected chi connectivity index (χ2v) is 2.95. The Bertz CT molecular complexity index is 149. The Balaban J connectivity index is 3.61. The molecule has 56 valence electrons. The zero-order chi connectivity index (χ0) is 7.33. The van der Waals surface area contributed by atoms with Crippen molar-refractivity contribution in [1.29, 1.82) is 0 Å². The van der Waals surface area contributed by atoms with Gasteiger partial charge >= 0.3 is 10.4 Å². The van der Waals surface area contributed by atoms with Crippen LogP contribution in [0.5, 0.6) is 0 Å². The first-order valence-electron chi connectivity index (χ1n) is 2.35. The topological polar surface area (TPSA) is 52.6 Å². The van der Waals surface area contributed by atoms with Crippen molar-refractivity contribution in [3.63, 3.8) is 0 Å². The van der Waals surface area contributed by atoms with Crippen LogP contribution < -0.4 is 0 Å². The van der Waals surface area contributed by atoms with Gasteiger partial charge in [-0.3, -0.25) is 0 Å².